The predicted octanol–water partition coefficient (Wildman–Crippen LogP) is 3.46. The van der Waals surface area contributed by atoms with Crippen LogP contribution >= 0.6 is 35.4 Å². The van der Waals surface area contributed by atoms with E-state index in [1.54, 1.807) is 18.2 Å². The highest BCUT2D eigenvalue weighted by Crippen LogP contribution is 2.23. The van der Waals surface area contributed by atoms with Gasteiger partial charge in [0.25, 0.3) is 5.69 Å². The van der Waals surface area contributed by atoms with Crippen LogP contribution in [0.1, 0.15) is 5.56 Å². The molecule has 0 spiro atoms. The molecule has 0 radical (unpaired) electrons. The van der Waals surface area contributed by atoms with Crippen LogP contribution in [0.4, 0.5) is 11.4 Å². The molecular formula is C14H10Cl2N3O3S-. The molecule has 0 atom stereocenters. The van der Waals surface area contributed by atoms with Crippen LogP contribution < -0.4 is 15.7 Å². The summed E-state index contributed by atoms with van der Waals surface area (Å²) in [7, 11) is 0. The molecule has 2 N–H and O–H groups in total. The molecule has 0 saturated carbocycles. The third kappa shape index (κ3) is 4.95. The van der Waals surface area contributed by atoms with Crippen molar-refractivity contribution in [2.75, 3.05) is 5.32 Å². The van der Waals surface area contributed by atoms with Gasteiger partial charge in [-0.2, -0.15) is 0 Å². The van der Waals surface area contributed by atoms with Crippen LogP contribution in [-0.2, 0) is 6.54 Å². The van der Waals surface area contributed by atoms with Gasteiger partial charge in [-0.25, -0.2) is 0 Å². The van der Waals surface area contributed by atoms with E-state index in [2.05, 4.69) is 10.6 Å². The van der Waals surface area contributed by atoms with Crippen LogP contribution in [0.2, 0.25) is 10.0 Å². The highest BCUT2D eigenvalue weighted by molar-refractivity contribution is 7.80. The van der Waals surface area contributed by atoms with E-state index in [9.17, 15) is 15.2 Å². The summed E-state index contributed by atoms with van der Waals surface area (Å²) in [6, 6.07) is 8.38. The number of nitrogens with zero attached hydrogens (tertiary/aromatic N) is 1. The minimum atomic E-state index is -0.562. The average molecular weight is 371 g/mol. The zero-order valence-corrected chi connectivity index (χ0v) is 13.8. The van der Waals surface area contributed by atoms with Crippen molar-refractivity contribution < 1.29 is 10.0 Å². The lowest BCUT2D eigenvalue weighted by molar-refractivity contribution is -0.385. The fraction of sp³-hybridized carbons (Fsp3) is 0.0714. The number of rotatable bonds is 4. The minimum absolute atomic E-state index is 0.0562. The van der Waals surface area contributed by atoms with Crippen molar-refractivity contribution in [2.24, 2.45) is 0 Å². The average Bonchev–Trinajstić information content (AvgIpc) is 2.45. The lowest BCUT2D eigenvalue weighted by Gasteiger charge is -2.15. The van der Waals surface area contributed by atoms with Crippen LogP contribution in [-0.4, -0.2) is 10.0 Å². The molecule has 0 aliphatic heterocycles. The molecule has 6 nitrogen and oxygen atoms in total. The third-order valence-corrected chi connectivity index (χ3v) is 3.50. The summed E-state index contributed by atoms with van der Waals surface area (Å²) in [5, 5.41) is 29.2. The first-order valence-corrected chi connectivity index (χ1v) is 7.47. The first kappa shape index (κ1) is 17.3. The van der Waals surface area contributed by atoms with E-state index in [1.807, 2.05) is 0 Å². The van der Waals surface area contributed by atoms with E-state index >= 15 is 0 Å². The number of nitrogens with one attached hydrogen (secondary N) is 2. The number of thiocarbonyl (C=S) groups is 1. The van der Waals surface area contributed by atoms with E-state index in [-0.39, 0.29) is 28.7 Å². The maximum atomic E-state index is 11.7. The van der Waals surface area contributed by atoms with Crippen LogP contribution in [0.5, 0.6) is 5.75 Å². The van der Waals surface area contributed by atoms with Crippen LogP contribution in [0.3, 0.4) is 0 Å². The van der Waals surface area contributed by atoms with Gasteiger partial charge in [0, 0.05) is 34.4 Å². The number of nitro groups is 1. The van der Waals surface area contributed by atoms with Crippen molar-refractivity contribution in [2.45, 2.75) is 6.54 Å². The Morgan fingerprint density at radius 1 is 1.17 bits per heavy atom. The highest BCUT2D eigenvalue weighted by atomic mass is 35.5. The molecular weight excluding hydrogens is 361 g/mol. The molecule has 2 rings (SSSR count). The summed E-state index contributed by atoms with van der Waals surface area (Å²) in [5.41, 5.74) is 0.677. The SMILES string of the molecule is O=[N+]([O-])c1ccc([O-])c(CNC(=S)Nc2cc(Cl)cc(Cl)c2)c1. The second-order valence-corrected chi connectivity index (χ2v) is 5.80. The first-order chi connectivity index (χ1) is 10.8. The number of nitro benzene ring substituents is 1. The van der Waals surface area contributed by atoms with Gasteiger partial charge in [0.15, 0.2) is 5.11 Å². The lowest BCUT2D eigenvalue weighted by Crippen LogP contribution is -2.28. The summed E-state index contributed by atoms with van der Waals surface area (Å²) in [4.78, 5) is 10.2. The van der Waals surface area contributed by atoms with Gasteiger partial charge in [-0.3, -0.25) is 10.1 Å². The Bertz CT molecular complexity index is 751. The Hall–Kier alpha value is -2.09. The van der Waals surface area contributed by atoms with Crippen molar-refractivity contribution in [3.8, 4) is 5.75 Å². The van der Waals surface area contributed by atoms with Crippen LogP contribution in [0.25, 0.3) is 0 Å². The number of benzene rings is 2. The fourth-order valence-electron chi connectivity index (χ4n) is 1.79. The smallest absolute Gasteiger partial charge is 0.269 e. The van der Waals surface area contributed by atoms with Crippen molar-refractivity contribution in [1.82, 2.24) is 5.32 Å². The Morgan fingerprint density at radius 2 is 1.83 bits per heavy atom. The lowest BCUT2D eigenvalue weighted by atomic mass is 10.2. The molecule has 0 saturated heterocycles. The largest absolute Gasteiger partial charge is 0.872 e. The predicted molar refractivity (Wildman–Crippen MR) is 92.1 cm³/mol. The van der Waals surface area contributed by atoms with Crippen molar-refractivity contribution in [3.63, 3.8) is 0 Å². The summed E-state index contributed by atoms with van der Waals surface area (Å²) in [5.74, 6) is -0.309. The van der Waals surface area contributed by atoms with Gasteiger partial charge in [0.1, 0.15) is 0 Å². The molecule has 0 heterocycles. The molecule has 0 amide bonds. The van der Waals surface area contributed by atoms with E-state index in [0.717, 1.165) is 12.1 Å². The topological polar surface area (TPSA) is 90.3 Å². The number of non-ortho nitro benzene ring substituents is 1. The van der Waals surface area contributed by atoms with Crippen LogP contribution in [0, 0.1) is 10.1 Å². The van der Waals surface area contributed by atoms with Gasteiger partial charge in [-0.15, -0.1) is 5.75 Å². The van der Waals surface area contributed by atoms with Crippen LogP contribution in [0.15, 0.2) is 36.4 Å². The highest BCUT2D eigenvalue weighted by Gasteiger charge is 2.07. The minimum Gasteiger partial charge on any atom is -0.872 e. The second kappa shape index (κ2) is 7.45. The van der Waals surface area contributed by atoms with E-state index < -0.39 is 4.92 Å². The maximum absolute atomic E-state index is 11.7. The maximum Gasteiger partial charge on any atom is 0.269 e. The van der Waals surface area contributed by atoms with Gasteiger partial charge in [-0.05, 0) is 36.0 Å². The molecule has 2 aromatic carbocycles. The summed E-state index contributed by atoms with van der Waals surface area (Å²) in [6.07, 6.45) is 0. The summed E-state index contributed by atoms with van der Waals surface area (Å²) in [6.45, 7) is 0.0562. The molecule has 0 aliphatic rings. The Balaban J connectivity index is 2.01. The van der Waals surface area contributed by atoms with Gasteiger partial charge < -0.3 is 15.7 Å². The molecule has 0 bridgehead atoms. The van der Waals surface area contributed by atoms with Crippen molar-refractivity contribution in [1.29, 1.82) is 0 Å². The molecule has 120 valence electrons. The Kier molecular flexibility index (Phi) is 5.59. The van der Waals surface area contributed by atoms with Crippen molar-refractivity contribution in [3.05, 3.63) is 62.1 Å². The molecule has 0 fully saturated rings. The van der Waals surface area contributed by atoms with Gasteiger partial charge in [0.05, 0.1) is 4.92 Å². The fourth-order valence-corrected chi connectivity index (χ4v) is 2.51. The van der Waals surface area contributed by atoms with Crippen molar-refractivity contribution >= 4 is 51.9 Å². The quantitative estimate of drug-likeness (QED) is 0.486. The van der Waals surface area contributed by atoms with E-state index in [4.69, 9.17) is 35.4 Å². The Labute approximate surface area is 147 Å². The number of anilines is 1. The zero-order valence-electron chi connectivity index (χ0n) is 11.5. The monoisotopic (exact) mass is 370 g/mol. The second-order valence-electron chi connectivity index (χ2n) is 4.51. The zero-order chi connectivity index (χ0) is 17.0. The summed E-state index contributed by atoms with van der Waals surface area (Å²) < 4.78 is 0. The Morgan fingerprint density at radius 3 is 2.43 bits per heavy atom. The normalized spacial score (nSPS) is 10.2. The van der Waals surface area contributed by atoms with E-state index in [0.29, 0.717) is 15.7 Å². The summed E-state index contributed by atoms with van der Waals surface area (Å²) >= 11 is 16.9. The third-order valence-electron chi connectivity index (χ3n) is 2.81. The molecule has 9 heteroatoms. The van der Waals surface area contributed by atoms with Gasteiger partial charge in [-0.1, -0.05) is 29.3 Å². The van der Waals surface area contributed by atoms with Gasteiger partial charge >= 0.3 is 0 Å². The molecule has 0 aromatic heterocycles. The number of hydrogen-bond acceptors (Lipinski definition) is 4. The standard InChI is InChI=1S/C14H11Cl2N3O3S/c15-9-4-10(16)6-11(5-9)18-14(23)17-7-8-3-12(19(21)22)1-2-13(8)20/h1-6,20H,7H2,(H2,17,18,23)/p-1. The number of halogens is 2. The van der Waals surface area contributed by atoms with E-state index in [1.165, 1.54) is 6.07 Å². The first-order valence-electron chi connectivity index (χ1n) is 6.30. The molecule has 0 unspecified atom stereocenters. The molecule has 23 heavy (non-hydrogen) atoms. The number of hydrogen-bond donors (Lipinski definition) is 2. The molecule has 0 aliphatic carbocycles. The van der Waals surface area contributed by atoms with Gasteiger partial charge in [0.2, 0.25) is 0 Å². The molecule has 2 aromatic rings.